The number of aromatic nitrogens is 2. The third-order valence-corrected chi connectivity index (χ3v) is 3.90. The van der Waals surface area contributed by atoms with Gasteiger partial charge >= 0.3 is 0 Å². The second kappa shape index (κ2) is 5.34. The summed E-state index contributed by atoms with van der Waals surface area (Å²) in [5, 5.41) is 9.94. The van der Waals surface area contributed by atoms with E-state index in [9.17, 15) is 9.50 Å². The molecule has 1 fully saturated rings. The second-order valence-corrected chi connectivity index (χ2v) is 5.34. The maximum Gasteiger partial charge on any atom is 0.123 e. The average Bonchev–Trinajstić information content (AvgIpc) is 2.98. The molecule has 1 aromatic carbocycles. The van der Waals surface area contributed by atoms with E-state index in [4.69, 9.17) is 0 Å². The van der Waals surface area contributed by atoms with Crippen LogP contribution in [0.1, 0.15) is 23.9 Å². The Hall–Kier alpha value is -1.72. The lowest BCUT2D eigenvalue weighted by Gasteiger charge is -2.24. The summed E-state index contributed by atoms with van der Waals surface area (Å²) < 4.78 is 15.0. The van der Waals surface area contributed by atoms with Crippen LogP contribution >= 0.6 is 0 Å². The van der Waals surface area contributed by atoms with E-state index in [1.54, 1.807) is 18.3 Å². The minimum Gasteiger partial charge on any atom is -0.392 e. The van der Waals surface area contributed by atoms with Crippen LogP contribution < -0.4 is 0 Å². The van der Waals surface area contributed by atoms with Crippen molar-refractivity contribution in [3.05, 3.63) is 53.9 Å². The van der Waals surface area contributed by atoms with Gasteiger partial charge in [-0.3, -0.25) is 4.90 Å². The second-order valence-electron chi connectivity index (χ2n) is 5.34. The molecule has 1 saturated heterocycles. The summed E-state index contributed by atoms with van der Waals surface area (Å²) in [6.07, 6.45) is 4.02. The van der Waals surface area contributed by atoms with Crippen molar-refractivity contribution in [2.24, 2.45) is 7.05 Å². The number of nitrogens with zero attached hydrogens (tertiary/aromatic N) is 3. The first-order chi connectivity index (χ1) is 9.63. The first-order valence-electron chi connectivity index (χ1n) is 6.77. The molecular formula is C15H18FN3O. The van der Waals surface area contributed by atoms with E-state index in [-0.39, 0.29) is 18.0 Å². The maximum atomic E-state index is 13.0. The highest BCUT2D eigenvalue weighted by molar-refractivity contribution is 5.21. The average molecular weight is 275 g/mol. The zero-order chi connectivity index (χ0) is 14.1. The number of imidazole rings is 1. The van der Waals surface area contributed by atoms with E-state index < -0.39 is 0 Å². The Kier molecular flexibility index (Phi) is 3.54. The normalized spacial score (nSPS) is 23.4. The molecule has 0 unspecified atom stereocenters. The molecule has 0 amide bonds. The molecule has 0 spiro atoms. The van der Waals surface area contributed by atoms with E-state index in [2.05, 4.69) is 9.88 Å². The van der Waals surface area contributed by atoms with Gasteiger partial charge in [0.25, 0.3) is 0 Å². The summed E-state index contributed by atoms with van der Waals surface area (Å²) in [6, 6.07) is 6.65. The molecule has 5 heteroatoms. The Bertz CT molecular complexity index is 581. The topological polar surface area (TPSA) is 41.3 Å². The number of hydrogen-bond acceptors (Lipinski definition) is 3. The van der Waals surface area contributed by atoms with Crippen LogP contribution in [-0.2, 0) is 13.6 Å². The Balaban J connectivity index is 1.81. The van der Waals surface area contributed by atoms with Gasteiger partial charge in [-0.25, -0.2) is 9.37 Å². The van der Waals surface area contributed by atoms with Gasteiger partial charge in [-0.1, -0.05) is 12.1 Å². The van der Waals surface area contributed by atoms with Gasteiger partial charge in [-0.2, -0.15) is 0 Å². The summed E-state index contributed by atoms with van der Waals surface area (Å²) in [5.41, 5.74) is 1.04. The first-order valence-corrected chi connectivity index (χ1v) is 6.77. The van der Waals surface area contributed by atoms with Crippen molar-refractivity contribution in [1.29, 1.82) is 0 Å². The molecule has 3 rings (SSSR count). The van der Waals surface area contributed by atoms with Crippen LogP contribution in [0.25, 0.3) is 0 Å². The molecule has 1 aliphatic heterocycles. The van der Waals surface area contributed by atoms with Gasteiger partial charge in [0.2, 0.25) is 0 Å². The quantitative estimate of drug-likeness (QED) is 0.929. The predicted octanol–water partition coefficient (Wildman–Crippen LogP) is 1.87. The Morgan fingerprint density at radius 1 is 1.35 bits per heavy atom. The maximum absolute atomic E-state index is 13.0. The zero-order valence-electron chi connectivity index (χ0n) is 11.4. The number of halogens is 1. The fourth-order valence-corrected chi connectivity index (χ4v) is 2.82. The van der Waals surface area contributed by atoms with Gasteiger partial charge in [0.15, 0.2) is 0 Å². The van der Waals surface area contributed by atoms with E-state index >= 15 is 0 Å². The van der Waals surface area contributed by atoms with Gasteiger partial charge in [0, 0.05) is 32.0 Å². The standard InChI is InChI=1S/C15H18FN3O/c1-18-7-6-17-15(18)10-19-9-13(20)8-14(19)11-2-4-12(16)5-3-11/h2-7,13-14,20H,8-10H2,1H3/t13-,14-/m1/s1. The highest BCUT2D eigenvalue weighted by atomic mass is 19.1. The lowest BCUT2D eigenvalue weighted by Crippen LogP contribution is -2.25. The Labute approximate surface area is 117 Å². The van der Waals surface area contributed by atoms with Crippen molar-refractivity contribution < 1.29 is 9.50 Å². The number of hydrogen-bond donors (Lipinski definition) is 1. The number of benzene rings is 1. The van der Waals surface area contributed by atoms with Crippen LogP contribution in [0.2, 0.25) is 0 Å². The lowest BCUT2D eigenvalue weighted by atomic mass is 10.0. The van der Waals surface area contributed by atoms with Gasteiger partial charge in [-0.05, 0) is 24.1 Å². The van der Waals surface area contributed by atoms with Crippen molar-refractivity contribution >= 4 is 0 Å². The molecule has 106 valence electrons. The fourth-order valence-electron chi connectivity index (χ4n) is 2.82. The zero-order valence-corrected chi connectivity index (χ0v) is 11.4. The summed E-state index contributed by atoms with van der Waals surface area (Å²) >= 11 is 0. The smallest absolute Gasteiger partial charge is 0.123 e. The molecule has 4 nitrogen and oxygen atoms in total. The van der Waals surface area contributed by atoms with Crippen LogP contribution in [0.5, 0.6) is 0 Å². The third kappa shape index (κ3) is 2.59. The van der Waals surface area contributed by atoms with Crippen molar-refractivity contribution in [3.63, 3.8) is 0 Å². The van der Waals surface area contributed by atoms with E-state index in [1.165, 1.54) is 12.1 Å². The third-order valence-electron chi connectivity index (χ3n) is 3.90. The number of aliphatic hydroxyl groups is 1. The van der Waals surface area contributed by atoms with Gasteiger partial charge in [-0.15, -0.1) is 0 Å². The molecule has 2 heterocycles. The van der Waals surface area contributed by atoms with Gasteiger partial charge in [0.1, 0.15) is 11.6 Å². The molecule has 20 heavy (non-hydrogen) atoms. The molecule has 2 aromatic rings. The summed E-state index contributed by atoms with van der Waals surface area (Å²) in [7, 11) is 1.96. The van der Waals surface area contributed by atoms with Crippen LogP contribution in [0, 0.1) is 5.82 Å². The van der Waals surface area contributed by atoms with Crippen molar-refractivity contribution in [3.8, 4) is 0 Å². The number of likely N-dealkylation sites (tertiary alicyclic amines) is 1. The first kappa shape index (κ1) is 13.3. The molecule has 1 aromatic heterocycles. The molecular weight excluding hydrogens is 257 g/mol. The Morgan fingerprint density at radius 3 is 2.75 bits per heavy atom. The molecule has 0 radical (unpaired) electrons. The van der Waals surface area contributed by atoms with Gasteiger partial charge < -0.3 is 9.67 Å². The van der Waals surface area contributed by atoms with E-state index in [1.807, 2.05) is 17.8 Å². The van der Waals surface area contributed by atoms with Crippen LogP contribution in [0.3, 0.4) is 0 Å². The molecule has 0 bridgehead atoms. The monoisotopic (exact) mass is 275 g/mol. The van der Waals surface area contributed by atoms with Crippen molar-refractivity contribution in [1.82, 2.24) is 14.5 Å². The minimum absolute atomic E-state index is 0.113. The number of β-amino-alcohol motifs (C(OH)–C–C–N with tert-alkyl or cyclic N) is 1. The van der Waals surface area contributed by atoms with Crippen molar-refractivity contribution in [2.75, 3.05) is 6.54 Å². The molecule has 0 saturated carbocycles. The summed E-state index contributed by atoms with van der Waals surface area (Å²) in [4.78, 5) is 6.52. The van der Waals surface area contributed by atoms with Gasteiger partial charge in [0.05, 0.1) is 12.6 Å². The molecule has 1 aliphatic rings. The molecule has 1 N–H and O–H groups in total. The lowest BCUT2D eigenvalue weighted by molar-refractivity contribution is 0.171. The van der Waals surface area contributed by atoms with Crippen LogP contribution in [0.15, 0.2) is 36.7 Å². The van der Waals surface area contributed by atoms with E-state index in [0.717, 1.165) is 11.4 Å². The summed E-state index contributed by atoms with van der Waals surface area (Å²) in [5.74, 6) is 0.731. The van der Waals surface area contributed by atoms with E-state index in [0.29, 0.717) is 19.5 Å². The highest BCUT2D eigenvalue weighted by Gasteiger charge is 2.32. The SMILES string of the molecule is Cn1ccnc1CN1C[C@H](O)C[C@@H]1c1ccc(F)cc1. The number of rotatable bonds is 3. The fraction of sp³-hybridized carbons (Fsp3) is 0.400. The predicted molar refractivity (Wildman–Crippen MR) is 73.4 cm³/mol. The number of aryl methyl sites for hydroxylation is 1. The minimum atomic E-state index is -0.342. The number of aliphatic hydroxyl groups excluding tert-OH is 1. The highest BCUT2D eigenvalue weighted by Crippen LogP contribution is 2.33. The molecule has 0 aliphatic carbocycles. The van der Waals surface area contributed by atoms with Crippen LogP contribution in [0.4, 0.5) is 4.39 Å². The van der Waals surface area contributed by atoms with Crippen molar-refractivity contribution in [2.45, 2.75) is 25.1 Å². The molecule has 2 atom stereocenters. The summed E-state index contributed by atoms with van der Waals surface area (Å²) in [6.45, 7) is 1.30. The van der Waals surface area contributed by atoms with Crippen LogP contribution in [-0.4, -0.2) is 32.2 Å². The Morgan fingerprint density at radius 2 is 2.10 bits per heavy atom. The largest absolute Gasteiger partial charge is 0.392 e.